The summed E-state index contributed by atoms with van der Waals surface area (Å²) in [6.45, 7) is 7.44. The molecule has 0 saturated carbocycles. The molecule has 22 heavy (non-hydrogen) atoms. The van der Waals surface area contributed by atoms with Crippen LogP contribution in [0.3, 0.4) is 0 Å². The first-order valence-corrected chi connectivity index (χ1v) is 8.02. The highest BCUT2D eigenvalue weighted by Gasteiger charge is 2.07. The van der Waals surface area contributed by atoms with Gasteiger partial charge in [-0.15, -0.1) is 0 Å². The first-order chi connectivity index (χ1) is 10.9. The quantitative estimate of drug-likeness (QED) is 0.691. The minimum Gasteiger partial charge on any atom is -0.384 e. The highest BCUT2D eigenvalue weighted by Crippen LogP contribution is 2.06. The smallest absolute Gasteiger partial charge is 0.104 e. The van der Waals surface area contributed by atoms with Gasteiger partial charge in [0.15, 0.2) is 0 Å². The van der Waals surface area contributed by atoms with Crippen LogP contribution in [0.15, 0.2) is 0 Å². The van der Waals surface area contributed by atoms with E-state index in [-0.39, 0.29) is 13.2 Å². The normalized spacial score (nSPS) is 19.0. The van der Waals surface area contributed by atoms with Crippen LogP contribution in [-0.4, -0.2) is 85.7 Å². The monoisotopic (exact) mass is 308 g/mol. The van der Waals surface area contributed by atoms with Crippen molar-refractivity contribution >= 4 is 0 Å². The maximum atomic E-state index is 8.40. The SMILES string of the molecule is OCC#CCN1CCCCC1.OCC#CCN1CCOCC1. The molecule has 124 valence electrons. The maximum Gasteiger partial charge on any atom is 0.104 e. The second-order valence-corrected chi connectivity index (χ2v) is 5.25. The number of aliphatic hydroxyl groups excluding tert-OH is 2. The topological polar surface area (TPSA) is 56.2 Å². The molecule has 2 fully saturated rings. The summed E-state index contributed by atoms with van der Waals surface area (Å²) in [5, 5.41) is 16.8. The number of hydrogen-bond donors (Lipinski definition) is 2. The molecule has 5 nitrogen and oxygen atoms in total. The van der Waals surface area contributed by atoms with Crippen LogP contribution in [0.2, 0.25) is 0 Å². The van der Waals surface area contributed by atoms with Crippen LogP contribution in [0.25, 0.3) is 0 Å². The Morgan fingerprint density at radius 2 is 1.18 bits per heavy atom. The van der Waals surface area contributed by atoms with E-state index >= 15 is 0 Å². The molecule has 0 aromatic carbocycles. The Labute approximate surface area is 134 Å². The lowest BCUT2D eigenvalue weighted by Crippen LogP contribution is -2.36. The van der Waals surface area contributed by atoms with Gasteiger partial charge in [-0.2, -0.15) is 0 Å². The van der Waals surface area contributed by atoms with Gasteiger partial charge in [0.2, 0.25) is 0 Å². The van der Waals surface area contributed by atoms with E-state index in [0.717, 1.165) is 39.4 Å². The first kappa shape index (κ1) is 19.0. The molecule has 0 aromatic rings. The summed E-state index contributed by atoms with van der Waals surface area (Å²) in [5.74, 6) is 11.1. The molecule has 2 heterocycles. The molecular formula is C17H28N2O3. The third-order valence-electron chi connectivity index (χ3n) is 3.57. The molecular weight excluding hydrogens is 280 g/mol. The second-order valence-electron chi connectivity index (χ2n) is 5.25. The average Bonchev–Trinajstić information content (AvgIpc) is 2.58. The zero-order chi connectivity index (χ0) is 15.9. The largest absolute Gasteiger partial charge is 0.384 e. The van der Waals surface area contributed by atoms with E-state index in [9.17, 15) is 0 Å². The molecule has 0 spiro atoms. The van der Waals surface area contributed by atoms with Gasteiger partial charge in [0, 0.05) is 13.1 Å². The molecule has 2 rings (SSSR count). The highest BCUT2D eigenvalue weighted by molar-refractivity contribution is 5.01. The molecule has 2 aliphatic rings. The predicted molar refractivity (Wildman–Crippen MR) is 87.3 cm³/mol. The third-order valence-corrected chi connectivity index (χ3v) is 3.57. The van der Waals surface area contributed by atoms with Crippen LogP contribution in [0.4, 0.5) is 0 Å². The Hall–Kier alpha value is -1.08. The Balaban J connectivity index is 0.000000220. The Bertz CT molecular complexity index is 342. The van der Waals surface area contributed by atoms with Crippen molar-refractivity contribution in [2.24, 2.45) is 0 Å². The number of aliphatic hydroxyl groups is 2. The summed E-state index contributed by atoms with van der Waals surface area (Å²) in [6, 6.07) is 0. The van der Waals surface area contributed by atoms with Crippen molar-refractivity contribution in [3.8, 4) is 23.7 Å². The zero-order valence-corrected chi connectivity index (χ0v) is 13.4. The van der Waals surface area contributed by atoms with Gasteiger partial charge in [-0.05, 0) is 25.9 Å². The van der Waals surface area contributed by atoms with Crippen molar-refractivity contribution in [1.82, 2.24) is 9.80 Å². The molecule has 0 bridgehead atoms. The van der Waals surface area contributed by atoms with Gasteiger partial charge in [-0.1, -0.05) is 30.1 Å². The summed E-state index contributed by atoms with van der Waals surface area (Å²) < 4.78 is 5.17. The lowest BCUT2D eigenvalue weighted by molar-refractivity contribution is 0.0443. The van der Waals surface area contributed by atoms with Gasteiger partial charge in [0.1, 0.15) is 13.2 Å². The minimum atomic E-state index is -0.0374. The maximum absolute atomic E-state index is 8.40. The van der Waals surface area contributed by atoms with Gasteiger partial charge in [0.05, 0.1) is 26.3 Å². The van der Waals surface area contributed by atoms with Crippen LogP contribution in [-0.2, 0) is 4.74 Å². The number of ether oxygens (including phenoxy) is 1. The standard InChI is InChI=1S/C9H15NO.C8H13NO2/c11-9-5-4-8-10-6-2-1-3-7-10;10-6-2-1-3-9-4-7-11-8-5-9/h11H,1-3,6-9H2;10H,3-8H2. The second kappa shape index (κ2) is 13.6. The van der Waals surface area contributed by atoms with Crippen LogP contribution < -0.4 is 0 Å². The fourth-order valence-corrected chi connectivity index (χ4v) is 2.32. The molecule has 0 aromatic heterocycles. The number of rotatable bonds is 2. The Morgan fingerprint density at radius 3 is 1.68 bits per heavy atom. The fourth-order valence-electron chi connectivity index (χ4n) is 2.32. The van der Waals surface area contributed by atoms with E-state index in [2.05, 4.69) is 33.5 Å². The molecule has 2 N–H and O–H groups in total. The number of piperidine rings is 1. The van der Waals surface area contributed by atoms with Gasteiger partial charge < -0.3 is 14.9 Å². The summed E-state index contributed by atoms with van der Waals surface area (Å²) in [7, 11) is 0. The third kappa shape index (κ3) is 9.78. The number of nitrogens with zero attached hydrogens (tertiary/aromatic N) is 2. The van der Waals surface area contributed by atoms with Gasteiger partial charge in [-0.3, -0.25) is 9.80 Å². The molecule has 0 amide bonds. The Kier molecular flexibility index (Phi) is 11.7. The van der Waals surface area contributed by atoms with Crippen molar-refractivity contribution < 1.29 is 14.9 Å². The van der Waals surface area contributed by atoms with E-state index < -0.39 is 0 Å². The van der Waals surface area contributed by atoms with E-state index in [1.807, 2.05) is 0 Å². The highest BCUT2D eigenvalue weighted by atomic mass is 16.5. The molecule has 2 saturated heterocycles. The number of likely N-dealkylation sites (tertiary alicyclic amines) is 1. The summed E-state index contributed by atoms with van der Waals surface area (Å²) in [6.07, 6.45) is 3.98. The van der Waals surface area contributed by atoms with E-state index in [4.69, 9.17) is 14.9 Å². The Morgan fingerprint density at radius 1 is 0.682 bits per heavy atom. The van der Waals surface area contributed by atoms with Crippen molar-refractivity contribution in [1.29, 1.82) is 0 Å². The van der Waals surface area contributed by atoms with Crippen molar-refractivity contribution in [3.05, 3.63) is 0 Å². The molecule has 0 unspecified atom stereocenters. The lowest BCUT2D eigenvalue weighted by atomic mass is 10.1. The minimum absolute atomic E-state index is 0.00611. The summed E-state index contributed by atoms with van der Waals surface area (Å²) >= 11 is 0. The van der Waals surface area contributed by atoms with E-state index in [1.54, 1.807) is 0 Å². The van der Waals surface area contributed by atoms with Crippen molar-refractivity contribution in [2.45, 2.75) is 19.3 Å². The molecule has 2 aliphatic heterocycles. The van der Waals surface area contributed by atoms with E-state index in [1.165, 1.54) is 32.4 Å². The zero-order valence-electron chi connectivity index (χ0n) is 13.4. The molecule has 0 aliphatic carbocycles. The number of morpholine rings is 1. The van der Waals surface area contributed by atoms with Crippen molar-refractivity contribution in [3.63, 3.8) is 0 Å². The van der Waals surface area contributed by atoms with Gasteiger partial charge in [-0.25, -0.2) is 0 Å². The average molecular weight is 308 g/mol. The van der Waals surface area contributed by atoms with E-state index in [0.29, 0.717) is 0 Å². The van der Waals surface area contributed by atoms with Crippen molar-refractivity contribution in [2.75, 3.05) is 65.7 Å². The molecule has 0 atom stereocenters. The molecule has 5 heteroatoms. The first-order valence-electron chi connectivity index (χ1n) is 8.02. The van der Waals surface area contributed by atoms with Crippen LogP contribution in [0, 0.1) is 23.7 Å². The van der Waals surface area contributed by atoms with Crippen LogP contribution >= 0.6 is 0 Å². The van der Waals surface area contributed by atoms with Gasteiger partial charge >= 0.3 is 0 Å². The predicted octanol–water partition coefficient (Wildman–Crippen LogP) is -0.218. The summed E-state index contributed by atoms with van der Waals surface area (Å²) in [5.41, 5.74) is 0. The molecule has 0 radical (unpaired) electrons. The van der Waals surface area contributed by atoms with Gasteiger partial charge in [0.25, 0.3) is 0 Å². The van der Waals surface area contributed by atoms with Crippen LogP contribution in [0.5, 0.6) is 0 Å². The number of hydrogen-bond acceptors (Lipinski definition) is 5. The van der Waals surface area contributed by atoms with Crippen LogP contribution in [0.1, 0.15) is 19.3 Å². The summed E-state index contributed by atoms with van der Waals surface area (Å²) in [4.78, 5) is 4.55. The lowest BCUT2D eigenvalue weighted by Gasteiger charge is -2.24. The fraction of sp³-hybridized carbons (Fsp3) is 0.765.